The fraction of sp³-hybridized carbons (Fsp3) is 0.143. The first-order valence-electron chi connectivity index (χ1n) is 8.43. The van der Waals surface area contributed by atoms with Crippen molar-refractivity contribution < 1.29 is 4.74 Å². The SMILES string of the molecule is COc1ccc(-c2cc3c(=O)n(Cc4cccc(C)c4)ccn3n2)cc1. The van der Waals surface area contributed by atoms with Crippen LogP contribution in [0.3, 0.4) is 0 Å². The quantitative estimate of drug-likeness (QED) is 0.568. The molecule has 0 aliphatic rings. The van der Waals surface area contributed by atoms with Gasteiger partial charge in [-0.1, -0.05) is 29.8 Å². The van der Waals surface area contributed by atoms with Crippen LogP contribution in [0.4, 0.5) is 0 Å². The molecular weight excluding hydrogens is 326 g/mol. The van der Waals surface area contributed by atoms with E-state index in [-0.39, 0.29) is 5.56 Å². The van der Waals surface area contributed by atoms with Crippen molar-refractivity contribution in [3.63, 3.8) is 0 Å². The zero-order valence-electron chi connectivity index (χ0n) is 14.7. The second-order valence-electron chi connectivity index (χ2n) is 6.31. The first-order chi connectivity index (χ1) is 12.6. The molecule has 0 radical (unpaired) electrons. The lowest BCUT2D eigenvalue weighted by molar-refractivity contribution is 0.415. The van der Waals surface area contributed by atoms with Gasteiger partial charge in [0.05, 0.1) is 19.3 Å². The topological polar surface area (TPSA) is 48.5 Å². The Bertz CT molecular complexity index is 1120. The number of hydrogen-bond donors (Lipinski definition) is 0. The molecule has 130 valence electrons. The van der Waals surface area contributed by atoms with E-state index < -0.39 is 0 Å². The minimum Gasteiger partial charge on any atom is -0.497 e. The third-order valence-electron chi connectivity index (χ3n) is 4.42. The van der Waals surface area contributed by atoms with E-state index in [4.69, 9.17) is 4.74 Å². The molecule has 0 bridgehead atoms. The number of aryl methyl sites for hydroxylation is 1. The van der Waals surface area contributed by atoms with E-state index >= 15 is 0 Å². The minimum absolute atomic E-state index is 0.0544. The van der Waals surface area contributed by atoms with Crippen LogP contribution in [0.5, 0.6) is 5.75 Å². The number of aromatic nitrogens is 3. The molecule has 0 atom stereocenters. The molecule has 4 rings (SSSR count). The first-order valence-corrected chi connectivity index (χ1v) is 8.43. The third kappa shape index (κ3) is 2.99. The molecular formula is C21H19N3O2. The van der Waals surface area contributed by atoms with Crippen LogP contribution in [0.2, 0.25) is 0 Å². The smallest absolute Gasteiger partial charge is 0.276 e. The first kappa shape index (κ1) is 16.1. The highest BCUT2D eigenvalue weighted by Crippen LogP contribution is 2.21. The molecule has 2 heterocycles. The van der Waals surface area contributed by atoms with Crippen molar-refractivity contribution in [2.75, 3.05) is 7.11 Å². The average molecular weight is 345 g/mol. The molecule has 0 saturated heterocycles. The van der Waals surface area contributed by atoms with E-state index in [2.05, 4.69) is 11.2 Å². The number of nitrogens with zero attached hydrogens (tertiary/aromatic N) is 3. The molecule has 0 unspecified atom stereocenters. The third-order valence-corrected chi connectivity index (χ3v) is 4.42. The molecule has 2 aromatic carbocycles. The van der Waals surface area contributed by atoms with Crippen LogP contribution in [0.25, 0.3) is 16.8 Å². The van der Waals surface area contributed by atoms with Gasteiger partial charge in [0, 0.05) is 18.0 Å². The summed E-state index contributed by atoms with van der Waals surface area (Å²) in [6.07, 6.45) is 3.60. The molecule has 5 nitrogen and oxygen atoms in total. The molecule has 5 heteroatoms. The van der Waals surface area contributed by atoms with Gasteiger partial charge in [0.15, 0.2) is 0 Å². The Morgan fingerprint density at radius 2 is 1.85 bits per heavy atom. The van der Waals surface area contributed by atoms with Crippen molar-refractivity contribution in [2.45, 2.75) is 13.5 Å². The molecule has 0 fully saturated rings. The van der Waals surface area contributed by atoms with E-state index in [1.807, 2.05) is 61.7 Å². The van der Waals surface area contributed by atoms with Crippen molar-refractivity contribution >= 4 is 5.52 Å². The van der Waals surface area contributed by atoms with Gasteiger partial charge in [-0.05, 0) is 42.8 Å². The van der Waals surface area contributed by atoms with Gasteiger partial charge in [-0.25, -0.2) is 4.52 Å². The lowest BCUT2D eigenvalue weighted by Gasteiger charge is -2.06. The normalized spacial score (nSPS) is 11.0. The summed E-state index contributed by atoms with van der Waals surface area (Å²) in [5, 5.41) is 4.52. The van der Waals surface area contributed by atoms with E-state index in [0.717, 1.165) is 22.6 Å². The summed E-state index contributed by atoms with van der Waals surface area (Å²) in [4.78, 5) is 12.8. The predicted molar refractivity (Wildman–Crippen MR) is 102 cm³/mol. The number of benzene rings is 2. The lowest BCUT2D eigenvalue weighted by atomic mass is 10.1. The van der Waals surface area contributed by atoms with Gasteiger partial charge in [0.25, 0.3) is 5.56 Å². The van der Waals surface area contributed by atoms with E-state index in [0.29, 0.717) is 12.1 Å². The Kier molecular flexibility index (Phi) is 4.05. The van der Waals surface area contributed by atoms with E-state index in [9.17, 15) is 4.79 Å². The number of rotatable bonds is 4. The van der Waals surface area contributed by atoms with Crippen LogP contribution >= 0.6 is 0 Å². The molecule has 4 aromatic rings. The zero-order chi connectivity index (χ0) is 18.1. The van der Waals surface area contributed by atoms with Gasteiger partial charge >= 0.3 is 0 Å². The zero-order valence-corrected chi connectivity index (χ0v) is 14.7. The fourth-order valence-electron chi connectivity index (χ4n) is 3.06. The Balaban J connectivity index is 1.72. The second kappa shape index (κ2) is 6.52. The largest absolute Gasteiger partial charge is 0.497 e. The molecule has 0 amide bonds. The van der Waals surface area contributed by atoms with E-state index in [1.165, 1.54) is 5.56 Å². The number of methoxy groups -OCH3 is 1. The molecule has 0 saturated carbocycles. The van der Waals surface area contributed by atoms with Gasteiger partial charge in [0.1, 0.15) is 11.3 Å². The summed E-state index contributed by atoms with van der Waals surface area (Å²) < 4.78 is 8.53. The van der Waals surface area contributed by atoms with Crippen molar-refractivity contribution in [3.05, 3.63) is 88.5 Å². The fourth-order valence-corrected chi connectivity index (χ4v) is 3.06. The molecule has 0 N–H and O–H groups in total. The maximum Gasteiger partial charge on any atom is 0.276 e. The van der Waals surface area contributed by atoms with Gasteiger partial charge in [0.2, 0.25) is 0 Å². The Labute approximate surface area is 151 Å². The number of hydrogen-bond acceptors (Lipinski definition) is 3. The highest BCUT2D eigenvalue weighted by Gasteiger charge is 2.10. The standard InChI is InChI=1S/C21H19N3O2/c1-15-4-3-5-16(12-15)14-23-10-11-24-20(21(23)25)13-19(22-24)17-6-8-18(26-2)9-7-17/h3-13H,14H2,1-2H3. The summed E-state index contributed by atoms with van der Waals surface area (Å²) in [5.74, 6) is 0.790. The van der Waals surface area contributed by atoms with Crippen molar-refractivity contribution in [1.29, 1.82) is 0 Å². The summed E-state index contributed by atoms with van der Waals surface area (Å²) in [7, 11) is 1.64. The van der Waals surface area contributed by atoms with Crippen LogP contribution in [-0.4, -0.2) is 21.3 Å². The molecule has 2 aromatic heterocycles. The monoisotopic (exact) mass is 345 g/mol. The molecule has 0 aliphatic carbocycles. The van der Waals surface area contributed by atoms with Crippen molar-refractivity contribution in [1.82, 2.24) is 14.2 Å². The Morgan fingerprint density at radius 3 is 2.58 bits per heavy atom. The second-order valence-corrected chi connectivity index (χ2v) is 6.31. The molecule has 26 heavy (non-hydrogen) atoms. The minimum atomic E-state index is -0.0544. The molecule has 0 aliphatic heterocycles. The highest BCUT2D eigenvalue weighted by atomic mass is 16.5. The van der Waals surface area contributed by atoms with Crippen LogP contribution in [-0.2, 0) is 6.54 Å². The summed E-state index contributed by atoms with van der Waals surface area (Å²) in [6, 6.07) is 17.7. The summed E-state index contributed by atoms with van der Waals surface area (Å²) in [6.45, 7) is 2.59. The summed E-state index contributed by atoms with van der Waals surface area (Å²) >= 11 is 0. The molecule has 0 spiro atoms. The van der Waals surface area contributed by atoms with E-state index in [1.54, 1.807) is 22.4 Å². The van der Waals surface area contributed by atoms with Gasteiger partial charge in [-0.15, -0.1) is 0 Å². The summed E-state index contributed by atoms with van der Waals surface area (Å²) in [5.41, 5.74) is 4.50. The van der Waals surface area contributed by atoms with Gasteiger partial charge < -0.3 is 9.30 Å². The Morgan fingerprint density at radius 1 is 1.04 bits per heavy atom. The maximum absolute atomic E-state index is 12.8. The van der Waals surface area contributed by atoms with Crippen LogP contribution < -0.4 is 10.3 Å². The van der Waals surface area contributed by atoms with Crippen molar-refractivity contribution in [3.8, 4) is 17.0 Å². The number of fused-ring (bicyclic) bond motifs is 1. The predicted octanol–water partition coefficient (Wildman–Crippen LogP) is 3.53. The van der Waals surface area contributed by atoms with Gasteiger partial charge in [-0.2, -0.15) is 5.10 Å². The number of ether oxygens (including phenoxy) is 1. The average Bonchev–Trinajstić information content (AvgIpc) is 3.09. The Hall–Kier alpha value is -3.34. The van der Waals surface area contributed by atoms with Crippen LogP contribution in [0.1, 0.15) is 11.1 Å². The van der Waals surface area contributed by atoms with Gasteiger partial charge in [-0.3, -0.25) is 4.79 Å². The maximum atomic E-state index is 12.8. The van der Waals surface area contributed by atoms with Crippen LogP contribution in [0.15, 0.2) is 71.8 Å². The van der Waals surface area contributed by atoms with Crippen LogP contribution in [0, 0.1) is 6.92 Å². The van der Waals surface area contributed by atoms with Crippen molar-refractivity contribution in [2.24, 2.45) is 0 Å². The highest BCUT2D eigenvalue weighted by molar-refractivity contribution is 5.66. The lowest BCUT2D eigenvalue weighted by Crippen LogP contribution is -2.21.